The van der Waals surface area contributed by atoms with E-state index >= 15 is 0 Å². The molecule has 4 rings (SSSR count). The van der Waals surface area contributed by atoms with E-state index in [-0.39, 0.29) is 6.79 Å². The van der Waals surface area contributed by atoms with Crippen LogP contribution in [-0.4, -0.2) is 13.4 Å². The Kier molecular flexibility index (Phi) is 6.40. The van der Waals surface area contributed by atoms with Gasteiger partial charge >= 0.3 is 0 Å². The molecule has 0 unspecified atom stereocenters. The Morgan fingerprint density at radius 3 is 2.50 bits per heavy atom. The third kappa shape index (κ3) is 4.86. The van der Waals surface area contributed by atoms with Crippen molar-refractivity contribution in [3.8, 4) is 23.0 Å². The maximum Gasteiger partial charge on any atom is 0.231 e. The minimum Gasteiger partial charge on any atom is -0.490 e. The molecule has 0 aliphatic carbocycles. The molecule has 0 spiro atoms. The summed E-state index contributed by atoms with van der Waals surface area (Å²) in [5.74, 6) is 3.16. The molecule has 0 bridgehead atoms. The van der Waals surface area contributed by atoms with Crippen molar-refractivity contribution >= 4 is 0 Å². The number of aryl methyl sites for hydroxylation is 1. The average molecular weight is 405 g/mol. The standard InChI is InChI=1S/C25H27NO4/c1-3-27-23-6-4-5-21(25(23)28-16-19-9-7-18(2)8-10-19)15-26-14-20-11-12-22-24(13-20)30-17-29-22/h4-13,26H,3,14-17H2,1-2H3. The van der Waals surface area contributed by atoms with Crippen LogP contribution in [0.25, 0.3) is 0 Å². The maximum atomic E-state index is 6.21. The summed E-state index contributed by atoms with van der Waals surface area (Å²) < 4.78 is 22.9. The van der Waals surface area contributed by atoms with Gasteiger partial charge in [0, 0.05) is 18.7 Å². The zero-order valence-electron chi connectivity index (χ0n) is 17.4. The van der Waals surface area contributed by atoms with Crippen LogP contribution in [0.15, 0.2) is 60.7 Å². The predicted octanol–water partition coefficient (Wildman–Crippen LogP) is 4.99. The molecule has 0 fully saturated rings. The van der Waals surface area contributed by atoms with E-state index in [2.05, 4.69) is 42.6 Å². The van der Waals surface area contributed by atoms with Gasteiger partial charge in [0.25, 0.3) is 0 Å². The first-order valence-corrected chi connectivity index (χ1v) is 10.2. The van der Waals surface area contributed by atoms with Crippen LogP contribution in [0.5, 0.6) is 23.0 Å². The highest BCUT2D eigenvalue weighted by atomic mass is 16.7. The van der Waals surface area contributed by atoms with Gasteiger partial charge in [0.15, 0.2) is 23.0 Å². The molecule has 30 heavy (non-hydrogen) atoms. The summed E-state index contributed by atoms with van der Waals surface area (Å²) in [4.78, 5) is 0. The van der Waals surface area contributed by atoms with E-state index in [0.29, 0.717) is 26.3 Å². The molecule has 0 saturated heterocycles. The lowest BCUT2D eigenvalue weighted by atomic mass is 10.1. The van der Waals surface area contributed by atoms with Crippen molar-refractivity contribution in [2.45, 2.75) is 33.5 Å². The Bertz CT molecular complexity index is 985. The van der Waals surface area contributed by atoms with E-state index in [9.17, 15) is 0 Å². The van der Waals surface area contributed by atoms with Crippen LogP contribution in [-0.2, 0) is 19.7 Å². The van der Waals surface area contributed by atoms with E-state index in [1.54, 1.807) is 0 Å². The number of para-hydroxylation sites is 1. The molecule has 3 aromatic rings. The number of benzene rings is 3. The monoisotopic (exact) mass is 405 g/mol. The van der Waals surface area contributed by atoms with E-state index in [1.165, 1.54) is 5.56 Å². The lowest BCUT2D eigenvalue weighted by Crippen LogP contribution is -2.14. The molecule has 1 aliphatic rings. The van der Waals surface area contributed by atoms with Crippen molar-refractivity contribution in [2.24, 2.45) is 0 Å². The number of fused-ring (bicyclic) bond motifs is 1. The summed E-state index contributed by atoms with van der Waals surface area (Å²) in [5, 5.41) is 3.49. The second-order valence-electron chi connectivity index (χ2n) is 7.24. The Balaban J connectivity index is 1.43. The van der Waals surface area contributed by atoms with Crippen LogP contribution in [0, 0.1) is 6.92 Å². The fraction of sp³-hybridized carbons (Fsp3) is 0.280. The second kappa shape index (κ2) is 9.55. The number of ether oxygens (including phenoxy) is 4. The zero-order valence-corrected chi connectivity index (χ0v) is 17.4. The van der Waals surface area contributed by atoms with Crippen molar-refractivity contribution in [3.63, 3.8) is 0 Å². The molecular weight excluding hydrogens is 378 g/mol. The van der Waals surface area contributed by atoms with Gasteiger partial charge in [-0.3, -0.25) is 0 Å². The van der Waals surface area contributed by atoms with Gasteiger partial charge in [-0.25, -0.2) is 0 Å². The van der Waals surface area contributed by atoms with Gasteiger partial charge < -0.3 is 24.3 Å². The molecule has 1 N–H and O–H groups in total. The maximum absolute atomic E-state index is 6.21. The average Bonchev–Trinajstić information content (AvgIpc) is 3.22. The minimum absolute atomic E-state index is 0.290. The number of hydrogen-bond acceptors (Lipinski definition) is 5. The van der Waals surface area contributed by atoms with Crippen LogP contribution in [0.3, 0.4) is 0 Å². The molecule has 5 nitrogen and oxygen atoms in total. The van der Waals surface area contributed by atoms with Crippen LogP contribution in [0.4, 0.5) is 0 Å². The van der Waals surface area contributed by atoms with Crippen LogP contribution >= 0.6 is 0 Å². The summed E-state index contributed by atoms with van der Waals surface area (Å²) in [5.41, 5.74) is 4.57. The normalized spacial score (nSPS) is 12.1. The van der Waals surface area contributed by atoms with Gasteiger partial charge in [-0.2, -0.15) is 0 Å². The van der Waals surface area contributed by atoms with Gasteiger partial charge in [0.1, 0.15) is 6.61 Å². The van der Waals surface area contributed by atoms with Gasteiger partial charge in [0.05, 0.1) is 6.61 Å². The fourth-order valence-electron chi connectivity index (χ4n) is 3.37. The third-order valence-corrected chi connectivity index (χ3v) is 4.95. The molecule has 3 aromatic carbocycles. The summed E-state index contributed by atoms with van der Waals surface area (Å²) in [6.45, 7) is 6.82. The topological polar surface area (TPSA) is 49.0 Å². The first kappa shape index (κ1) is 20.1. The minimum atomic E-state index is 0.290. The Labute approximate surface area is 177 Å². The molecule has 1 aliphatic heterocycles. The molecule has 0 radical (unpaired) electrons. The van der Waals surface area contributed by atoms with E-state index in [4.69, 9.17) is 18.9 Å². The fourth-order valence-corrected chi connectivity index (χ4v) is 3.37. The molecule has 1 heterocycles. The molecular formula is C25H27NO4. The summed E-state index contributed by atoms with van der Waals surface area (Å²) >= 11 is 0. The molecule has 0 amide bonds. The van der Waals surface area contributed by atoms with Gasteiger partial charge in [-0.05, 0) is 43.2 Å². The summed E-state index contributed by atoms with van der Waals surface area (Å²) in [6, 6.07) is 20.4. The second-order valence-corrected chi connectivity index (χ2v) is 7.24. The van der Waals surface area contributed by atoms with E-state index < -0.39 is 0 Å². The third-order valence-electron chi connectivity index (χ3n) is 4.95. The Hall–Kier alpha value is -3.18. The highest BCUT2D eigenvalue weighted by Gasteiger charge is 2.14. The quantitative estimate of drug-likeness (QED) is 0.543. The zero-order chi connectivity index (χ0) is 20.8. The summed E-state index contributed by atoms with van der Waals surface area (Å²) in [6.07, 6.45) is 0. The predicted molar refractivity (Wildman–Crippen MR) is 116 cm³/mol. The molecule has 0 aromatic heterocycles. The Morgan fingerprint density at radius 2 is 1.67 bits per heavy atom. The number of nitrogens with one attached hydrogen (secondary N) is 1. The van der Waals surface area contributed by atoms with Gasteiger partial charge in [0.2, 0.25) is 6.79 Å². The SMILES string of the molecule is CCOc1cccc(CNCc2ccc3c(c2)OCO3)c1OCc1ccc(C)cc1. The van der Waals surface area contributed by atoms with Crippen molar-refractivity contribution in [1.82, 2.24) is 5.32 Å². The first-order valence-electron chi connectivity index (χ1n) is 10.2. The lowest BCUT2D eigenvalue weighted by Gasteiger charge is -2.17. The van der Waals surface area contributed by atoms with Gasteiger partial charge in [-0.1, -0.05) is 48.0 Å². The number of rotatable bonds is 9. The molecule has 156 valence electrons. The first-order chi connectivity index (χ1) is 14.7. The highest BCUT2D eigenvalue weighted by Crippen LogP contribution is 2.34. The van der Waals surface area contributed by atoms with Crippen LogP contribution in [0.2, 0.25) is 0 Å². The summed E-state index contributed by atoms with van der Waals surface area (Å²) in [7, 11) is 0. The highest BCUT2D eigenvalue weighted by molar-refractivity contribution is 5.47. The lowest BCUT2D eigenvalue weighted by molar-refractivity contribution is 0.174. The Morgan fingerprint density at radius 1 is 0.867 bits per heavy atom. The largest absolute Gasteiger partial charge is 0.490 e. The molecule has 0 atom stereocenters. The molecule has 5 heteroatoms. The molecule has 0 saturated carbocycles. The van der Waals surface area contributed by atoms with Crippen molar-refractivity contribution in [1.29, 1.82) is 0 Å². The van der Waals surface area contributed by atoms with Gasteiger partial charge in [-0.15, -0.1) is 0 Å². The van der Waals surface area contributed by atoms with E-state index in [0.717, 1.165) is 39.7 Å². The van der Waals surface area contributed by atoms with E-state index in [1.807, 2.05) is 37.3 Å². The van der Waals surface area contributed by atoms with Crippen molar-refractivity contribution in [3.05, 3.63) is 82.9 Å². The smallest absolute Gasteiger partial charge is 0.231 e. The van der Waals surface area contributed by atoms with Crippen LogP contribution in [0.1, 0.15) is 29.2 Å². The van der Waals surface area contributed by atoms with Crippen molar-refractivity contribution < 1.29 is 18.9 Å². The number of hydrogen-bond donors (Lipinski definition) is 1. The van der Waals surface area contributed by atoms with Crippen molar-refractivity contribution in [2.75, 3.05) is 13.4 Å². The van der Waals surface area contributed by atoms with Crippen LogP contribution < -0.4 is 24.3 Å².